The number of hydrogen-bond acceptors (Lipinski definition) is 6. The second kappa shape index (κ2) is 7.02. The number of ether oxygens (including phenoxy) is 1. The molecule has 2 aliphatic rings. The number of hydrogen-bond donors (Lipinski definition) is 1. The number of carbonyl (C=O) groups is 2. The third kappa shape index (κ3) is 3.17. The maximum atomic E-state index is 12.6. The van der Waals surface area contributed by atoms with Crippen molar-refractivity contribution in [2.24, 2.45) is 5.92 Å². The van der Waals surface area contributed by atoms with Gasteiger partial charge in [-0.2, -0.15) is 0 Å². The molecule has 3 aromatic rings. The third-order valence-corrected chi connectivity index (χ3v) is 7.24. The lowest BCUT2D eigenvalue weighted by Crippen LogP contribution is -2.33. The molecule has 4 heterocycles. The molecule has 2 atom stereocenters. The van der Waals surface area contributed by atoms with E-state index in [-0.39, 0.29) is 23.8 Å². The number of rotatable bonds is 4. The van der Waals surface area contributed by atoms with Crippen LogP contribution in [0.4, 0.5) is 5.82 Å². The quantitative estimate of drug-likeness (QED) is 0.677. The van der Waals surface area contributed by atoms with E-state index in [0.29, 0.717) is 18.8 Å². The van der Waals surface area contributed by atoms with Crippen LogP contribution in [0.5, 0.6) is 5.75 Å². The van der Waals surface area contributed by atoms with Gasteiger partial charge in [0.15, 0.2) is 0 Å². The van der Waals surface area contributed by atoms with Crippen molar-refractivity contribution in [3.8, 4) is 17.0 Å². The highest BCUT2D eigenvalue weighted by molar-refractivity contribution is 7.17. The van der Waals surface area contributed by atoms with Gasteiger partial charge in [0.05, 0.1) is 26.8 Å². The first-order chi connectivity index (χ1) is 14.8. The van der Waals surface area contributed by atoms with Gasteiger partial charge in [0.2, 0.25) is 11.8 Å². The number of nitrogens with zero attached hydrogens (tertiary/aromatic N) is 3. The van der Waals surface area contributed by atoms with E-state index in [9.17, 15) is 9.59 Å². The van der Waals surface area contributed by atoms with Gasteiger partial charge >= 0.3 is 0 Å². The summed E-state index contributed by atoms with van der Waals surface area (Å²) in [5.41, 5.74) is 4.65. The van der Waals surface area contributed by atoms with Gasteiger partial charge in [-0.1, -0.05) is 6.07 Å². The molecule has 1 fully saturated rings. The van der Waals surface area contributed by atoms with E-state index in [1.165, 1.54) is 11.3 Å². The molecule has 31 heavy (non-hydrogen) atoms. The SMILES string of the molecule is CC(Oc1cc(-c2ccc3c(n2)N(C)C(=O)C3(C)C)cc2ncsc12)C1CNC(=O)C1. The van der Waals surface area contributed by atoms with E-state index in [2.05, 4.69) is 10.3 Å². The first kappa shape index (κ1) is 19.9. The second-order valence-electron chi connectivity index (χ2n) is 8.82. The summed E-state index contributed by atoms with van der Waals surface area (Å²) >= 11 is 1.53. The predicted molar refractivity (Wildman–Crippen MR) is 120 cm³/mol. The first-order valence-electron chi connectivity index (χ1n) is 10.4. The smallest absolute Gasteiger partial charge is 0.238 e. The van der Waals surface area contributed by atoms with Crippen LogP contribution in [0.3, 0.4) is 0 Å². The molecule has 0 aliphatic carbocycles. The standard InChI is InChI=1S/C23H24N4O3S/c1-12(14-9-19(28)24-10-14)30-18-8-13(7-17-20(18)31-11-25-17)16-6-5-15-21(26-16)27(4)22(29)23(15,2)3/h5-8,11-12,14H,9-10H2,1-4H3,(H,24,28). The zero-order valence-corrected chi connectivity index (χ0v) is 18.7. The molecule has 1 aromatic carbocycles. The van der Waals surface area contributed by atoms with Gasteiger partial charge in [0.1, 0.15) is 17.7 Å². The number of thiazole rings is 1. The Labute approximate surface area is 184 Å². The fraction of sp³-hybridized carbons (Fsp3) is 0.391. The molecule has 1 saturated heterocycles. The molecule has 0 bridgehead atoms. The van der Waals surface area contributed by atoms with Gasteiger partial charge in [0, 0.05) is 37.1 Å². The van der Waals surface area contributed by atoms with Crippen LogP contribution in [0.1, 0.15) is 32.8 Å². The molecule has 8 heteroatoms. The number of anilines is 1. The molecule has 7 nitrogen and oxygen atoms in total. The molecule has 1 N–H and O–H groups in total. The number of likely N-dealkylation sites (N-methyl/N-ethyl adjacent to an activating group) is 1. The van der Waals surface area contributed by atoms with Crippen molar-refractivity contribution in [1.82, 2.24) is 15.3 Å². The molecule has 5 rings (SSSR count). The predicted octanol–water partition coefficient (Wildman–Crippen LogP) is 3.52. The lowest BCUT2D eigenvalue weighted by atomic mass is 9.87. The number of aromatic nitrogens is 2. The minimum Gasteiger partial charge on any atom is -0.489 e. The highest BCUT2D eigenvalue weighted by Crippen LogP contribution is 2.42. The Kier molecular flexibility index (Phi) is 4.51. The third-order valence-electron chi connectivity index (χ3n) is 6.38. The second-order valence-corrected chi connectivity index (χ2v) is 9.68. The number of fused-ring (bicyclic) bond motifs is 2. The number of benzene rings is 1. The van der Waals surface area contributed by atoms with Crippen molar-refractivity contribution >= 4 is 39.2 Å². The fourth-order valence-corrected chi connectivity index (χ4v) is 5.14. The average molecular weight is 437 g/mol. The maximum Gasteiger partial charge on any atom is 0.238 e. The van der Waals surface area contributed by atoms with Crippen molar-refractivity contribution in [3.05, 3.63) is 35.3 Å². The first-order valence-corrected chi connectivity index (χ1v) is 11.2. The Hall–Kier alpha value is -3.00. The Bertz CT molecular complexity index is 1220. The average Bonchev–Trinajstić information content (AvgIpc) is 3.44. The minimum absolute atomic E-state index is 0.0414. The highest BCUT2D eigenvalue weighted by Gasteiger charge is 2.43. The van der Waals surface area contributed by atoms with Crippen LogP contribution in [0.2, 0.25) is 0 Å². The van der Waals surface area contributed by atoms with Crippen LogP contribution in [-0.4, -0.2) is 41.5 Å². The van der Waals surface area contributed by atoms with Gasteiger partial charge in [0.25, 0.3) is 0 Å². The van der Waals surface area contributed by atoms with Gasteiger partial charge in [-0.15, -0.1) is 11.3 Å². The van der Waals surface area contributed by atoms with Gasteiger partial charge in [-0.25, -0.2) is 9.97 Å². The van der Waals surface area contributed by atoms with Crippen molar-refractivity contribution in [3.63, 3.8) is 0 Å². The lowest BCUT2D eigenvalue weighted by molar-refractivity contribution is -0.122. The van der Waals surface area contributed by atoms with E-state index >= 15 is 0 Å². The summed E-state index contributed by atoms with van der Waals surface area (Å²) in [6, 6.07) is 7.93. The normalized spacial score (nSPS) is 20.8. The van der Waals surface area contributed by atoms with Crippen LogP contribution < -0.4 is 15.0 Å². The maximum absolute atomic E-state index is 12.6. The summed E-state index contributed by atoms with van der Waals surface area (Å²) in [6.07, 6.45) is 0.368. The summed E-state index contributed by atoms with van der Waals surface area (Å²) in [7, 11) is 1.77. The molecule has 2 amide bonds. The van der Waals surface area contributed by atoms with E-state index < -0.39 is 5.41 Å². The van der Waals surface area contributed by atoms with E-state index in [1.54, 1.807) is 17.5 Å². The topological polar surface area (TPSA) is 84.4 Å². The molecule has 2 aliphatic heterocycles. The molecule has 160 valence electrons. The largest absolute Gasteiger partial charge is 0.489 e. The van der Waals surface area contributed by atoms with E-state index in [4.69, 9.17) is 9.72 Å². The van der Waals surface area contributed by atoms with Gasteiger partial charge < -0.3 is 10.1 Å². The molecule has 0 spiro atoms. The lowest BCUT2D eigenvalue weighted by Gasteiger charge is -2.20. The highest BCUT2D eigenvalue weighted by atomic mass is 32.1. The van der Waals surface area contributed by atoms with Crippen LogP contribution in [-0.2, 0) is 15.0 Å². The zero-order chi connectivity index (χ0) is 21.9. The fourth-order valence-electron chi connectivity index (χ4n) is 4.41. The Balaban J connectivity index is 1.53. The summed E-state index contributed by atoms with van der Waals surface area (Å²) in [5, 5.41) is 2.87. The van der Waals surface area contributed by atoms with Gasteiger partial charge in [-0.3, -0.25) is 14.5 Å². The minimum atomic E-state index is -0.578. The van der Waals surface area contributed by atoms with Crippen LogP contribution in [0, 0.1) is 5.92 Å². The number of pyridine rings is 1. The molecule has 2 aromatic heterocycles. The zero-order valence-electron chi connectivity index (χ0n) is 17.9. The van der Waals surface area contributed by atoms with Crippen molar-refractivity contribution in [1.29, 1.82) is 0 Å². The van der Waals surface area contributed by atoms with E-state index in [0.717, 1.165) is 32.8 Å². The van der Waals surface area contributed by atoms with E-state index in [1.807, 2.05) is 45.0 Å². The summed E-state index contributed by atoms with van der Waals surface area (Å²) in [5.74, 6) is 1.69. The Morgan fingerprint density at radius 1 is 1.29 bits per heavy atom. The van der Waals surface area contributed by atoms with Crippen molar-refractivity contribution < 1.29 is 14.3 Å². The molecule has 0 radical (unpaired) electrons. The Morgan fingerprint density at radius 3 is 2.84 bits per heavy atom. The molecular weight excluding hydrogens is 412 g/mol. The number of nitrogens with one attached hydrogen (secondary N) is 1. The summed E-state index contributed by atoms with van der Waals surface area (Å²) < 4.78 is 7.30. The molecule has 0 saturated carbocycles. The number of carbonyl (C=O) groups excluding carboxylic acids is 2. The monoisotopic (exact) mass is 436 g/mol. The molecular formula is C23H24N4O3S. The van der Waals surface area contributed by atoms with Crippen molar-refractivity contribution in [2.75, 3.05) is 18.5 Å². The Morgan fingerprint density at radius 2 is 2.10 bits per heavy atom. The summed E-state index contributed by atoms with van der Waals surface area (Å²) in [4.78, 5) is 35.2. The van der Waals surface area contributed by atoms with Crippen molar-refractivity contribution in [2.45, 2.75) is 38.7 Å². The van der Waals surface area contributed by atoms with Crippen LogP contribution in [0.25, 0.3) is 21.5 Å². The van der Waals surface area contributed by atoms with Gasteiger partial charge in [-0.05, 0) is 39.0 Å². The molecule has 2 unspecified atom stereocenters. The van der Waals surface area contributed by atoms with Crippen LogP contribution >= 0.6 is 11.3 Å². The number of amides is 2. The van der Waals surface area contributed by atoms with Crippen LogP contribution in [0.15, 0.2) is 29.8 Å². The summed E-state index contributed by atoms with van der Waals surface area (Å²) in [6.45, 7) is 6.49.